The Hall–Kier alpha value is -2.68. The molecule has 37 heavy (non-hydrogen) atoms. The van der Waals surface area contributed by atoms with E-state index in [1.165, 1.54) is 53.5 Å². The van der Waals surface area contributed by atoms with Crippen molar-refractivity contribution in [2.24, 2.45) is 0 Å². The van der Waals surface area contributed by atoms with Gasteiger partial charge in [-0.15, -0.1) is 11.8 Å². The minimum Gasteiger partial charge on any atom is -0.463 e. The molecule has 8 atom stereocenters. The zero-order valence-corrected chi connectivity index (χ0v) is 22.2. The van der Waals surface area contributed by atoms with Gasteiger partial charge < -0.3 is 37.9 Å². The molecule has 2 aliphatic rings. The summed E-state index contributed by atoms with van der Waals surface area (Å²) in [6, 6.07) is 0. The van der Waals surface area contributed by atoms with Gasteiger partial charge in [-0.1, -0.05) is 0 Å². The van der Waals surface area contributed by atoms with Crippen LogP contribution >= 0.6 is 11.8 Å². The van der Waals surface area contributed by atoms with Crippen LogP contribution in [0.4, 0.5) is 0 Å². The Bertz CT molecular complexity index is 875. The van der Waals surface area contributed by atoms with Crippen LogP contribution in [0.3, 0.4) is 0 Å². The molecule has 14 heteroatoms. The molecule has 0 saturated carbocycles. The van der Waals surface area contributed by atoms with Gasteiger partial charge in [0.25, 0.3) is 0 Å². The summed E-state index contributed by atoms with van der Waals surface area (Å²) in [4.78, 5) is 58.1. The van der Waals surface area contributed by atoms with Crippen molar-refractivity contribution in [1.82, 2.24) is 0 Å². The smallest absolute Gasteiger partial charge is 0.303 e. The van der Waals surface area contributed by atoms with E-state index in [1.54, 1.807) is 12.2 Å². The highest BCUT2D eigenvalue weighted by molar-refractivity contribution is 7.99. The van der Waals surface area contributed by atoms with E-state index in [0.717, 1.165) is 0 Å². The third-order valence-corrected chi connectivity index (χ3v) is 6.16. The molecule has 2 rings (SSSR count). The lowest BCUT2D eigenvalue weighted by atomic mass is 9.98. The third kappa shape index (κ3) is 9.61. The van der Waals surface area contributed by atoms with E-state index >= 15 is 0 Å². The second kappa shape index (κ2) is 14.3. The van der Waals surface area contributed by atoms with Crippen LogP contribution in [0.25, 0.3) is 0 Å². The van der Waals surface area contributed by atoms with Gasteiger partial charge in [-0.05, 0) is 12.2 Å². The van der Waals surface area contributed by atoms with Gasteiger partial charge in [0.1, 0.15) is 30.4 Å². The number of thioether (sulfide) groups is 1. The second-order valence-corrected chi connectivity index (χ2v) is 9.27. The van der Waals surface area contributed by atoms with Crippen molar-refractivity contribution in [3.8, 4) is 0 Å². The predicted octanol–water partition coefficient (Wildman–Crippen LogP) is 0.662. The maximum atomic E-state index is 11.9. The van der Waals surface area contributed by atoms with Crippen LogP contribution in [0.1, 0.15) is 34.6 Å². The van der Waals surface area contributed by atoms with Gasteiger partial charge in [0.05, 0.1) is 0 Å². The maximum Gasteiger partial charge on any atom is 0.303 e. The van der Waals surface area contributed by atoms with Crippen molar-refractivity contribution < 1.29 is 61.9 Å². The first kappa shape index (κ1) is 30.5. The summed E-state index contributed by atoms with van der Waals surface area (Å²) in [6.07, 6.45) is -3.77. The average molecular weight is 549 g/mol. The summed E-state index contributed by atoms with van der Waals surface area (Å²) >= 11 is 1.23. The number of hydrogen-bond acceptors (Lipinski definition) is 14. The Morgan fingerprint density at radius 2 is 1.27 bits per heavy atom. The molecule has 2 aliphatic heterocycles. The van der Waals surface area contributed by atoms with E-state index < -0.39 is 78.2 Å². The molecular formula is C23H32O13S. The Balaban J connectivity index is 2.22. The fourth-order valence-electron chi connectivity index (χ4n) is 3.72. The number of esters is 5. The molecule has 208 valence electrons. The fraction of sp³-hybridized carbons (Fsp3) is 0.696. The standard InChI is InChI=1S/C23H32O13S/c1-11(24)30-9-17-16(31-12(2)25)7-8-19(35-17)37-10-18-20(32-13(3)26)21(33-14(4)27)22(34-15(5)28)23(29-6)36-18/h7-8,16-23H,9-10H2,1-6H3/t16-,17-,18-,19-,20-,21+,22-,23+/m1/s1. The normalized spacial score (nSPS) is 31.1. The second-order valence-electron chi connectivity index (χ2n) is 8.14. The Morgan fingerprint density at radius 1 is 0.703 bits per heavy atom. The van der Waals surface area contributed by atoms with Gasteiger partial charge in [-0.3, -0.25) is 24.0 Å². The first-order chi connectivity index (χ1) is 17.4. The van der Waals surface area contributed by atoms with E-state index in [1.807, 2.05) is 0 Å². The third-order valence-electron chi connectivity index (χ3n) is 5.04. The minimum atomic E-state index is -1.21. The summed E-state index contributed by atoms with van der Waals surface area (Å²) in [5, 5.41) is 0. The summed E-state index contributed by atoms with van der Waals surface area (Å²) in [7, 11) is 1.32. The van der Waals surface area contributed by atoms with Crippen LogP contribution in [0, 0.1) is 0 Å². The monoisotopic (exact) mass is 548 g/mol. The quantitative estimate of drug-likeness (QED) is 0.213. The first-order valence-corrected chi connectivity index (χ1v) is 12.4. The lowest BCUT2D eigenvalue weighted by Crippen LogP contribution is -2.62. The van der Waals surface area contributed by atoms with Crippen LogP contribution in [-0.4, -0.2) is 97.7 Å². The van der Waals surface area contributed by atoms with Crippen molar-refractivity contribution in [1.29, 1.82) is 0 Å². The van der Waals surface area contributed by atoms with Crippen LogP contribution < -0.4 is 0 Å². The van der Waals surface area contributed by atoms with Crippen LogP contribution in [0.15, 0.2) is 12.2 Å². The van der Waals surface area contributed by atoms with Crippen molar-refractivity contribution in [3.05, 3.63) is 12.2 Å². The molecule has 0 spiro atoms. The maximum absolute atomic E-state index is 11.9. The van der Waals surface area contributed by atoms with Gasteiger partial charge in [0.2, 0.25) is 0 Å². The highest BCUT2D eigenvalue weighted by Crippen LogP contribution is 2.33. The van der Waals surface area contributed by atoms with E-state index in [0.29, 0.717) is 0 Å². The van der Waals surface area contributed by atoms with E-state index in [2.05, 4.69) is 0 Å². The van der Waals surface area contributed by atoms with E-state index in [9.17, 15) is 24.0 Å². The van der Waals surface area contributed by atoms with Crippen molar-refractivity contribution >= 4 is 41.6 Å². The van der Waals surface area contributed by atoms with Crippen LogP contribution in [-0.2, 0) is 61.9 Å². The highest BCUT2D eigenvalue weighted by atomic mass is 32.2. The Morgan fingerprint density at radius 3 is 1.81 bits per heavy atom. The molecule has 0 bridgehead atoms. The molecular weight excluding hydrogens is 516 g/mol. The Labute approximate surface area is 218 Å². The van der Waals surface area contributed by atoms with Crippen molar-refractivity contribution in [3.63, 3.8) is 0 Å². The molecule has 0 aromatic carbocycles. The van der Waals surface area contributed by atoms with Gasteiger partial charge in [-0.2, -0.15) is 0 Å². The number of rotatable bonds is 10. The number of hydrogen-bond donors (Lipinski definition) is 0. The molecule has 0 unspecified atom stereocenters. The summed E-state index contributed by atoms with van der Waals surface area (Å²) in [5.41, 5.74) is -0.590. The van der Waals surface area contributed by atoms with Crippen LogP contribution in [0.5, 0.6) is 0 Å². The first-order valence-electron chi connectivity index (χ1n) is 11.4. The van der Waals surface area contributed by atoms with Gasteiger partial charge in [0.15, 0.2) is 24.6 Å². The van der Waals surface area contributed by atoms with Crippen LogP contribution in [0.2, 0.25) is 0 Å². The average Bonchev–Trinajstić information content (AvgIpc) is 2.79. The number of carbonyl (C=O) groups is 5. The lowest BCUT2D eigenvalue weighted by molar-refractivity contribution is -0.294. The molecule has 1 fully saturated rings. The molecule has 2 heterocycles. The van der Waals surface area contributed by atoms with E-state index in [-0.39, 0.29) is 12.4 Å². The van der Waals surface area contributed by atoms with Gasteiger partial charge in [-0.25, -0.2) is 0 Å². The number of ether oxygens (including phenoxy) is 8. The molecule has 1 saturated heterocycles. The molecule has 13 nitrogen and oxygen atoms in total. The van der Waals surface area contributed by atoms with E-state index in [4.69, 9.17) is 37.9 Å². The molecule has 0 amide bonds. The molecule has 0 aromatic heterocycles. The summed E-state index contributed by atoms with van der Waals surface area (Å²) in [6.45, 7) is 5.87. The highest BCUT2D eigenvalue weighted by Gasteiger charge is 2.52. The van der Waals surface area contributed by atoms with Gasteiger partial charge >= 0.3 is 29.8 Å². The molecule has 0 aliphatic carbocycles. The molecule has 0 aromatic rings. The largest absolute Gasteiger partial charge is 0.463 e. The van der Waals surface area contributed by atoms with Gasteiger partial charge in [0, 0.05) is 47.5 Å². The predicted molar refractivity (Wildman–Crippen MR) is 125 cm³/mol. The zero-order valence-electron chi connectivity index (χ0n) is 21.4. The Kier molecular flexibility index (Phi) is 11.8. The van der Waals surface area contributed by atoms with Crippen molar-refractivity contribution in [2.75, 3.05) is 19.5 Å². The SMILES string of the molecule is CO[C@H]1O[C@H](CS[C@@H]2C=C[C@@H](OC(C)=O)[C@@H](COC(C)=O)O2)[C@@H](OC(C)=O)[C@H](OC(C)=O)[C@H]1OC(C)=O. The topological polar surface area (TPSA) is 159 Å². The lowest BCUT2D eigenvalue weighted by Gasteiger charge is -2.44. The summed E-state index contributed by atoms with van der Waals surface area (Å²) < 4.78 is 43.6. The molecule has 0 N–H and O–H groups in total. The summed E-state index contributed by atoms with van der Waals surface area (Å²) in [5.74, 6) is -2.93. The number of carbonyl (C=O) groups excluding carboxylic acids is 5. The zero-order chi connectivity index (χ0) is 27.7. The fourth-order valence-corrected chi connectivity index (χ4v) is 4.79. The molecule has 0 radical (unpaired) electrons. The number of methoxy groups -OCH3 is 1. The van der Waals surface area contributed by atoms with Crippen molar-refractivity contribution in [2.45, 2.75) is 83.0 Å². The minimum absolute atomic E-state index is 0.144.